The van der Waals surface area contributed by atoms with E-state index >= 15 is 0 Å². The van der Waals surface area contributed by atoms with E-state index in [2.05, 4.69) is 28.7 Å². The number of nitrogens with zero attached hydrogens (tertiary/aromatic N) is 3. The van der Waals surface area contributed by atoms with Crippen molar-refractivity contribution in [2.24, 2.45) is 5.92 Å². The van der Waals surface area contributed by atoms with E-state index in [1.165, 1.54) is 6.42 Å². The zero-order valence-electron chi connectivity index (χ0n) is 11.7. The van der Waals surface area contributed by atoms with Gasteiger partial charge in [0.1, 0.15) is 5.69 Å². The summed E-state index contributed by atoms with van der Waals surface area (Å²) in [5.41, 5.74) is 0.588. The van der Waals surface area contributed by atoms with Gasteiger partial charge in [0.25, 0.3) is 5.91 Å². The highest BCUT2D eigenvalue weighted by atomic mass is 16.2. The molecule has 2 unspecified atom stereocenters. The standard InChI is InChI=1S/C14H22N4O/c1-10-5-3-8-18(11(10)2)13(19)12-9-17-7-4-6-15-14(17)16-12/h9-11H,3-8H2,1-2H3,(H,15,16). The second-order valence-electron chi connectivity index (χ2n) is 5.78. The summed E-state index contributed by atoms with van der Waals surface area (Å²) in [6.45, 7) is 7.14. The maximum atomic E-state index is 12.6. The second kappa shape index (κ2) is 4.87. The van der Waals surface area contributed by atoms with Crippen LogP contribution in [-0.4, -0.2) is 39.5 Å². The number of anilines is 1. The lowest BCUT2D eigenvalue weighted by Crippen LogP contribution is -2.46. The summed E-state index contributed by atoms with van der Waals surface area (Å²) in [4.78, 5) is 19.0. The lowest BCUT2D eigenvalue weighted by molar-refractivity contribution is 0.0545. The predicted molar refractivity (Wildman–Crippen MR) is 74.2 cm³/mol. The number of imidazole rings is 1. The van der Waals surface area contributed by atoms with Gasteiger partial charge in [0.15, 0.2) is 0 Å². The van der Waals surface area contributed by atoms with Crippen LogP contribution < -0.4 is 5.32 Å². The van der Waals surface area contributed by atoms with Gasteiger partial charge < -0.3 is 14.8 Å². The molecule has 104 valence electrons. The van der Waals surface area contributed by atoms with Crippen molar-refractivity contribution in [1.29, 1.82) is 0 Å². The van der Waals surface area contributed by atoms with E-state index in [0.717, 1.165) is 38.4 Å². The Morgan fingerprint density at radius 1 is 1.37 bits per heavy atom. The number of hydrogen-bond donors (Lipinski definition) is 1. The molecule has 0 bridgehead atoms. The molecule has 3 heterocycles. The van der Waals surface area contributed by atoms with Crippen LogP contribution in [0.1, 0.15) is 43.6 Å². The van der Waals surface area contributed by atoms with Gasteiger partial charge in [-0.2, -0.15) is 0 Å². The van der Waals surface area contributed by atoms with Crippen LogP contribution in [0.15, 0.2) is 6.20 Å². The number of carbonyl (C=O) groups excluding carboxylic acids is 1. The molecule has 2 atom stereocenters. The van der Waals surface area contributed by atoms with Crippen molar-refractivity contribution in [2.75, 3.05) is 18.4 Å². The van der Waals surface area contributed by atoms with Gasteiger partial charge in [0.2, 0.25) is 5.95 Å². The van der Waals surface area contributed by atoms with Gasteiger partial charge in [-0.1, -0.05) is 6.92 Å². The van der Waals surface area contributed by atoms with Crippen molar-refractivity contribution in [3.63, 3.8) is 0 Å². The molecule has 2 aliphatic heterocycles. The summed E-state index contributed by atoms with van der Waals surface area (Å²) < 4.78 is 2.05. The minimum Gasteiger partial charge on any atom is -0.356 e. The monoisotopic (exact) mass is 262 g/mol. The van der Waals surface area contributed by atoms with E-state index in [4.69, 9.17) is 0 Å². The van der Waals surface area contributed by atoms with Crippen LogP contribution in [-0.2, 0) is 6.54 Å². The highest BCUT2D eigenvalue weighted by Crippen LogP contribution is 2.25. The third-order valence-corrected chi connectivity index (χ3v) is 4.49. The third kappa shape index (κ3) is 2.22. The lowest BCUT2D eigenvalue weighted by Gasteiger charge is -2.37. The molecule has 1 fully saturated rings. The van der Waals surface area contributed by atoms with Crippen molar-refractivity contribution in [3.8, 4) is 0 Å². The molecule has 1 aromatic rings. The van der Waals surface area contributed by atoms with Crippen LogP contribution in [0.25, 0.3) is 0 Å². The largest absolute Gasteiger partial charge is 0.356 e. The lowest BCUT2D eigenvalue weighted by atomic mass is 9.92. The van der Waals surface area contributed by atoms with E-state index in [9.17, 15) is 4.79 Å². The number of aromatic nitrogens is 2. The molecule has 0 saturated carbocycles. The van der Waals surface area contributed by atoms with Crippen LogP contribution in [0.2, 0.25) is 0 Å². The topological polar surface area (TPSA) is 50.2 Å². The van der Waals surface area contributed by atoms with Crippen molar-refractivity contribution in [3.05, 3.63) is 11.9 Å². The number of piperidine rings is 1. The first-order valence-corrected chi connectivity index (χ1v) is 7.29. The molecular formula is C14H22N4O. The SMILES string of the molecule is CC1CCCN(C(=O)c2cn3c(n2)NCCC3)C1C. The number of amides is 1. The molecule has 3 rings (SSSR count). The predicted octanol–water partition coefficient (Wildman–Crippen LogP) is 1.96. The number of hydrogen-bond acceptors (Lipinski definition) is 3. The molecule has 1 amide bonds. The van der Waals surface area contributed by atoms with Gasteiger partial charge in [0.05, 0.1) is 0 Å². The Kier molecular flexibility index (Phi) is 3.21. The van der Waals surface area contributed by atoms with Crippen molar-refractivity contribution >= 4 is 11.9 Å². The van der Waals surface area contributed by atoms with Crippen LogP contribution in [0.4, 0.5) is 5.95 Å². The number of rotatable bonds is 1. The smallest absolute Gasteiger partial charge is 0.274 e. The zero-order chi connectivity index (χ0) is 13.4. The van der Waals surface area contributed by atoms with Crippen LogP contribution >= 0.6 is 0 Å². The number of carbonyl (C=O) groups is 1. The molecule has 0 aromatic carbocycles. The molecule has 1 N–H and O–H groups in total. The Labute approximate surface area is 114 Å². The van der Waals surface area contributed by atoms with E-state index in [1.54, 1.807) is 0 Å². The molecule has 1 aromatic heterocycles. The molecule has 0 aliphatic carbocycles. The summed E-state index contributed by atoms with van der Waals surface area (Å²) >= 11 is 0. The van der Waals surface area contributed by atoms with Crippen LogP contribution in [0.5, 0.6) is 0 Å². The first-order valence-electron chi connectivity index (χ1n) is 7.29. The molecular weight excluding hydrogens is 240 g/mol. The highest BCUT2D eigenvalue weighted by Gasteiger charge is 2.30. The Morgan fingerprint density at radius 3 is 3.00 bits per heavy atom. The van der Waals surface area contributed by atoms with Crippen molar-refractivity contribution in [1.82, 2.24) is 14.5 Å². The second-order valence-corrected chi connectivity index (χ2v) is 5.78. The minimum absolute atomic E-state index is 0.0859. The molecule has 1 saturated heterocycles. The average Bonchev–Trinajstić information content (AvgIpc) is 2.85. The summed E-state index contributed by atoms with van der Waals surface area (Å²) in [5.74, 6) is 1.50. The summed E-state index contributed by atoms with van der Waals surface area (Å²) in [7, 11) is 0. The number of nitrogens with one attached hydrogen (secondary N) is 1. The fraction of sp³-hybridized carbons (Fsp3) is 0.714. The summed E-state index contributed by atoms with van der Waals surface area (Å²) in [5, 5.41) is 3.24. The van der Waals surface area contributed by atoms with Gasteiger partial charge >= 0.3 is 0 Å². The van der Waals surface area contributed by atoms with Gasteiger partial charge in [-0.25, -0.2) is 4.98 Å². The molecule has 0 radical (unpaired) electrons. The summed E-state index contributed by atoms with van der Waals surface area (Å²) in [6, 6.07) is 0.313. The normalized spacial score (nSPS) is 26.7. The first-order chi connectivity index (χ1) is 9.16. The Bertz CT molecular complexity index is 458. The first kappa shape index (κ1) is 12.5. The quantitative estimate of drug-likeness (QED) is 0.841. The maximum absolute atomic E-state index is 12.6. The molecule has 5 nitrogen and oxygen atoms in total. The van der Waals surface area contributed by atoms with Crippen molar-refractivity contribution < 1.29 is 4.79 Å². The van der Waals surface area contributed by atoms with E-state index in [0.29, 0.717) is 17.7 Å². The van der Waals surface area contributed by atoms with E-state index in [-0.39, 0.29) is 5.91 Å². The van der Waals surface area contributed by atoms with Gasteiger partial charge in [-0.05, 0) is 32.1 Å². The molecule has 19 heavy (non-hydrogen) atoms. The summed E-state index contributed by atoms with van der Waals surface area (Å²) in [6.07, 6.45) is 5.30. The van der Waals surface area contributed by atoms with E-state index < -0.39 is 0 Å². The highest BCUT2D eigenvalue weighted by molar-refractivity contribution is 5.93. The Hall–Kier alpha value is -1.52. The minimum atomic E-state index is 0.0859. The van der Waals surface area contributed by atoms with Gasteiger partial charge in [0, 0.05) is 31.9 Å². The fourth-order valence-electron chi connectivity index (χ4n) is 3.05. The van der Waals surface area contributed by atoms with Gasteiger partial charge in [-0.3, -0.25) is 4.79 Å². The Morgan fingerprint density at radius 2 is 2.21 bits per heavy atom. The molecule has 2 aliphatic rings. The third-order valence-electron chi connectivity index (χ3n) is 4.49. The average molecular weight is 262 g/mol. The molecule has 5 heteroatoms. The Balaban J connectivity index is 1.81. The zero-order valence-corrected chi connectivity index (χ0v) is 11.7. The molecule has 0 spiro atoms. The fourth-order valence-corrected chi connectivity index (χ4v) is 3.05. The van der Waals surface area contributed by atoms with Crippen LogP contribution in [0.3, 0.4) is 0 Å². The van der Waals surface area contributed by atoms with E-state index in [1.807, 2.05) is 11.1 Å². The van der Waals surface area contributed by atoms with Crippen LogP contribution in [0, 0.1) is 5.92 Å². The number of aryl methyl sites for hydroxylation is 1. The van der Waals surface area contributed by atoms with Crippen molar-refractivity contribution in [2.45, 2.75) is 45.7 Å². The number of likely N-dealkylation sites (tertiary alicyclic amines) is 1. The number of fused-ring (bicyclic) bond motifs is 1. The maximum Gasteiger partial charge on any atom is 0.274 e. The van der Waals surface area contributed by atoms with Gasteiger partial charge in [-0.15, -0.1) is 0 Å².